The fourth-order valence-electron chi connectivity index (χ4n) is 2.67. The normalized spacial score (nSPS) is 10.8. The van der Waals surface area contributed by atoms with Crippen LogP contribution in [0.3, 0.4) is 0 Å². The zero-order valence-electron chi connectivity index (χ0n) is 16.2. The summed E-state index contributed by atoms with van der Waals surface area (Å²) in [4.78, 5) is 12.1. The van der Waals surface area contributed by atoms with E-state index in [1.165, 1.54) is 7.11 Å². The van der Waals surface area contributed by atoms with Crippen molar-refractivity contribution in [3.63, 3.8) is 0 Å². The van der Waals surface area contributed by atoms with Gasteiger partial charge in [0.15, 0.2) is 18.1 Å². The van der Waals surface area contributed by atoms with Crippen LogP contribution in [0.15, 0.2) is 72.8 Å². The lowest BCUT2D eigenvalue weighted by Gasteiger charge is -2.10. The van der Waals surface area contributed by atoms with Crippen LogP contribution in [-0.4, -0.2) is 19.7 Å². The maximum Gasteiger partial charge on any atom is 0.349 e. The summed E-state index contributed by atoms with van der Waals surface area (Å²) in [5.74, 6) is 0.833. The third-order valence-electron chi connectivity index (χ3n) is 4.09. The van der Waals surface area contributed by atoms with Crippen molar-refractivity contribution in [1.29, 1.82) is 5.26 Å². The summed E-state index contributed by atoms with van der Waals surface area (Å²) in [6.07, 6.45) is 1.74. The van der Waals surface area contributed by atoms with E-state index in [0.717, 1.165) is 11.1 Å². The van der Waals surface area contributed by atoms with Gasteiger partial charge in [0.05, 0.1) is 18.8 Å². The number of halogens is 1. The van der Waals surface area contributed by atoms with E-state index in [9.17, 15) is 10.1 Å². The first-order valence-corrected chi connectivity index (χ1v) is 9.41. The van der Waals surface area contributed by atoms with Gasteiger partial charge in [0.2, 0.25) is 0 Å². The van der Waals surface area contributed by atoms with E-state index in [0.29, 0.717) is 27.8 Å². The monoisotopic (exact) mass is 419 g/mol. The summed E-state index contributed by atoms with van der Waals surface area (Å²) >= 11 is 6.00. The first kappa shape index (κ1) is 21.0. The predicted molar refractivity (Wildman–Crippen MR) is 116 cm³/mol. The molecule has 0 saturated heterocycles. The molecule has 0 fully saturated rings. The minimum atomic E-state index is -0.541. The third-order valence-corrected chi connectivity index (χ3v) is 4.33. The van der Waals surface area contributed by atoms with Crippen molar-refractivity contribution in [3.05, 3.63) is 88.9 Å². The van der Waals surface area contributed by atoms with E-state index < -0.39 is 5.97 Å². The van der Waals surface area contributed by atoms with E-state index in [4.69, 9.17) is 25.8 Å². The highest BCUT2D eigenvalue weighted by molar-refractivity contribution is 6.30. The molecule has 0 aromatic heterocycles. The molecule has 0 saturated carbocycles. The van der Waals surface area contributed by atoms with Gasteiger partial charge in [-0.3, -0.25) is 0 Å². The molecule has 0 amide bonds. The van der Waals surface area contributed by atoms with Crippen LogP contribution in [-0.2, 0) is 4.79 Å². The fourth-order valence-corrected chi connectivity index (χ4v) is 2.86. The van der Waals surface area contributed by atoms with Crippen LogP contribution in [0.5, 0.6) is 17.2 Å². The lowest BCUT2D eigenvalue weighted by Crippen LogP contribution is -2.17. The molecule has 0 N–H and O–H groups in total. The van der Waals surface area contributed by atoms with E-state index >= 15 is 0 Å². The van der Waals surface area contributed by atoms with Gasteiger partial charge in [0.1, 0.15) is 5.75 Å². The molecule has 0 aliphatic rings. The number of benzene rings is 3. The number of hydrogen-bond acceptors (Lipinski definition) is 5. The summed E-state index contributed by atoms with van der Waals surface area (Å²) < 4.78 is 15.9. The quantitative estimate of drug-likeness (QED) is 0.222. The van der Waals surface area contributed by atoms with Crippen molar-refractivity contribution in [2.45, 2.75) is 0 Å². The number of carbonyl (C=O) groups is 1. The maximum atomic E-state index is 12.1. The second-order valence-electron chi connectivity index (χ2n) is 6.16. The number of para-hydroxylation sites is 2. The Bertz CT molecular complexity index is 1100. The summed E-state index contributed by atoms with van der Waals surface area (Å²) in [7, 11) is 1.53. The number of methoxy groups -OCH3 is 1. The van der Waals surface area contributed by atoms with Crippen LogP contribution in [0.1, 0.15) is 11.1 Å². The maximum absolute atomic E-state index is 12.1. The van der Waals surface area contributed by atoms with Gasteiger partial charge in [-0.1, -0.05) is 48.0 Å². The molecule has 0 radical (unpaired) electrons. The van der Waals surface area contributed by atoms with Crippen molar-refractivity contribution in [2.75, 3.05) is 13.7 Å². The molecular weight excluding hydrogens is 402 g/mol. The van der Waals surface area contributed by atoms with Crippen LogP contribution < -0.4 is 14.2 Å². The van der Waals surface area contributed by atoms with E-state index in [-0.39, 0.29) is 6.61 Å². The minimum Gasteiger partial charge on any atom is -0.493 e. The minimum absolute atomic E-state index is 0.255. The molecule has 30 heavy (non-hydrogen) atoms. The van der Waals surface area contributed by atoms with Crippen LogP contribution in [0.25, 0.3) is 11.6 Å². The van der Waals surface area contributed by atoms with E-state index in [1.54, 1.807) is 66.7 Å². The molecule has 3 aromatic carbocycles. The standard InChI is InChI=1S/C24H18ClNO4/c1-28-22-7-2-3-8-23(22)29-16-24(27)30-21-11-9-17(10-12-21)13-19(15-26)18-5-4-6-20(25)14-18/h2-14H,16H2,1H3/b19-13-. The predicted octanol–water partition coefficient (Wildman–Crippen LogP) is 5.40. The SMILES string of the molecule is COc1ccccc1OCC(=O)Oc1ccc(/C=C(/C#N)c2cccc(Cl)c2)cc1. The average Bonchev–Trinajstić information content (AvgIpc) is 2.77. The first-order chi connectivity index (χ1) is 14.6. The van der Waals surface area contributed by atoms with Gasteiger partial charge in [0.25, 0.3) is 0 Å². The van der Waals surface area contributed by atoms with E-state index in [1.807, 2.05) is 12.1 Å². The second kappa shape index (κ2) is 10.1. The smallest absolute Gasteiger partial charge is 0.349 e. The molecule has 5 nitrogen and oxygen atoms in total. The molecule has 0 heterocycles. The molecule has 150 valence electrons. The Hall–Kier alpha value is -3.75. The number of rotatable bonds is 7. The van der Waals surface area contributed by atoms with Gasteiger partial charge in [-0.15, -0.1) is 0 Å². The van der Waals surface area contributed by atoms with Gasteiger partial charge in [-0.25, -0.2) is 4.79 Å². The number of allylic oxidation sites excluding steroid dienone is 1. The van der Waals surface area contributed by atoms with Crippen LogP contribution in [0, 0.1) is 11.3 Å². The lowest BCUT2D eigenvalue weighted by atomic mass is 10.0. The molecule has 0 aliphatic carbocycles. The second-order valence-corrected chi connectivity index (χ2v) is 6.60. The Balaban J connectivity index is 1.62. The number of ether oxygens (including phenoxy) is 3. The Kier molecular flexibility index (Phi) is 7.09. The summed E-state index contributed by atoms with van der Waals surface area (Å²) in [6.45, 7) is -0.255. The zero-order chi connectivity index (χ0) is 21.3. The number of nitriles is 1. The Morgan fingerprint density at radius 1 is 1.03 bits per heavy atom. The average molecular weight is 420 g/mol. The molecule has 0 spiro atoms. The van der Waals surface area contributed by atoms with E-state index in [2.05, 4.69) is 6.07 Å². The summed E-state index contributed by atoms with van der Waals surface area (Å²) in [5, 5.41) is 10.0. The Labute approximate surface area is 179 Å². The van der Waals surface area contributed by atoms with Crippen LogP contribution >= 0.6 is 11.6 Å². The highest BCUT2D eigenvalue weighted by Crippen LogP contribution is 2.26. The van der Waals surface area contributed by atoms with Crippen molar-refractivity contribution < 1.29 is 19.0 Å². The van der Waals surface area contributed by atoms with Gasteiger partial charge in [-0.05, 0) is 53.6 Å². The molecule has 3 aromatic rings. The van der Waals surface area contributed by atoms with Crippen molar-refractivity contribution in [3.8, 4) is 23.3 Å². The molecule has 3 rings (SSSR count). The molecule has 6 heteroatoms. The molecule has 0 aliphatic heterocycles. The fraction of sp³-hybridized carbons (Fsp3) is 0.0833. The number of esters is 1. The zero-order valence-corrected chi connectivity index (χ0v) is 16.9. The number of hydrogen-bond donors (Lipinski definition) is 0. The summed E-state index contributed by atoms with van der Waals surface area (Å²) in [5.41, 5.74) is 2.00. The first-order valence-electron chi connectivity index (χ1n) is 9.03. The van der Waals surface area contributed by atoms with Crippen LogP contribution in [0.4, 0.5) is 0 Å². The summed E-state index contributed by atoms with van der Waals surface area (Å²) in [6, 6.07) is 23.1. The Morgan fingerprint density at radius 3 is 2.43 bits per heavy atom. The van der Waals surface area contributed by atoms with Gasteiger partial charge >= 0.3 is 5.97 Å². The van der Waals surface area contributed by atoms with Gasteiger partial charge in [-0.2, -0.15) is 5.26 Å². The van der Waals surface area contributed by atoms with Crippen molar-refractivity contribution in [2.24, 2.45) is 0 Å². The van der Waals surface area contributed by atoms with Crippen molar-refractivity contribution >= 4 is 29.2 Å². The van der Waals surface area contributed by atoms with Crippen LogP contribution in [0.2, 0.25) is 5.02 Å². The molecule has 0 bridgehead atoms. The Morgan fingerprint density at radius 2 is 1.77 bits per heavy atom. The number of carbonyl (C=O) groups excluding carboxylic acids is 1. The number of nitrogens with zero attached hydrogens (tertiary/aromatic N) is 1. The molecule has 0 unspecified atom stereocenters. The topological polar surface area (TPSA) is 68.6 Å². The van der Waals surface area contributed by atoms with Gasteiger partial charge < -0.3 is 14.2 Å². The molecule has 0 atom stereocenters. The third kappa shape index (κ3) is 5.63. The lowest BCUT2D eigenvalue weighted by molar-refractivity contribution is -0.136. The van der Waals surface area contributed by atoms with Gasteiger partial charge in [0, 0.05) is 5.02 Å². The van der Waals surface area contributed by atoms with Crippen molar-refractivity contribution in [1.82, 2.24) is 0 Å². The largest absolute Gasteiger partial charge is 0.493 e. The molecular formula is C24H18ClNO4. The highest BCUT2D eigenvalue weighted by atomic mass is 35.5. The highest BCUT2D eigenvalue weighted by Gasteiger charge is 2.09.